The molecular formula is C17H26N2O. The van der Waals surface area contributed by atoms with Gasteiger partial charge in [0.1, 0.15) is 5.75 Å². The van der Waals surface area contributed by atoms with Gasteiger partial charge in [-0.1, -0.05) is 6.42 Å². The van der Waals surface area contributed by atoms with Crippen LogP contribution in [0.1, 0.15) is 46.0 Å². The van der Waals surface area contributed by atoms with Gasteiger partial charge in [0, 0.05) is 36.1 Å². The third kappa shape index (κ3) is 2.72. The smallest absolute Gasteiger partial charge is 0.123 e. The predicted molar refractivity (Wildman–Crippen MR) is 84.3 cm³/mol. The molecular weight excluding hydrogens is 248 g/mol. The molecule has 0 spiro atoms. The van der Waals surface area contributed by atoms with Crippen molar-refractivity contribution in [1.29, 1.82) is 0 Å². The number of anilines is 2. The number of hydrogen-bond acceptors (Lipinski definition) is 3. The van der Waals surface area contributed by atoms with E-state index in [0.29, 0.717) is 0 Å². The number of rotatable bonds is 3. The summed E-state index contributed by atoms with van der Waals surface area (Å²) < 4.78 is 5.83. The van der Waals surface area contributed by atoms with Gasteiger partial charge in [0.25, 0.3) is 0 Å². The number of piperidine rings is 1. The molecule has 0 amide bonds. The van der Waals surface area contributed by atoms with Crippen molar-refractivity contribution in [3.05, 3.63) is 18.2 Å². The third-order valence-corrected chi connectivity index (χ3v) is 4.61. The molecule has 1 aromatic rings. The summed E-state index contributed by atoms with van der Waals surface area (Å²) in [6.45, 7) is 5.26. The van der Waals surface area contributed by atoms with Crippen molar-refractivity contribution in [2.45, 2.75) is 58.1 Å². The Balaban J connectivity index is 1.86. The van der Waals surface area contributed by atoms with Crippen LogP contribution in [0.25, 0.3) is 0 Å². The second kappa shape index (κ2) is 5.55. The minimum Gasteiger partial charge on any atom is -0.491 e. The molecule has 110 valence electrons. The van der Waals surface area contributed by atoms with Crippen LogP contribution in [0.2, 0.25) is 0 Å². The van der Waals surface area contributed by atoms with E-state index in [1.807, 2.05) is 6.07 Å². The van der Waals surface area contributed by atoms with Crippen LogP contribution in [0.4, 0.5) is 11.4 Å². The quantitative estimate of drug-likeness (QED) is 0.851. The molecule has 1 heterocycles. The second-order valence-corrected chi connectivity index (χ2v) is 6.52. The first kappa shape index (κ1) is 13.6. The van der Waals surface area contributed by atoms with E-state index in [0.717, 1.165) is 29.9 Å². The zero-order valence-corrected chi connectivity index (χ0v) is 12.6. The average Bonchev–Trinajstić information content (AvgIpc) is 2.84. The number of hydrogen-bond donors (Lipinski definition) is 1. The summed E-state index contributed by atoms with van der Waals surface area (Å²) in [6, 6.07) is 6.92. The van der Waals surface area contributed by atoms with Gasteiger partial charge in [0.15, 0.2) is 0 Å². The van der Waals surface area contributed by atoms with E-state index in [1.54, 1.807) is 0 Å². The Bertz CT molecular complexity index is 472. The fourth-order valence-electron chi connectivity index (χ4n) is 3.89. The van der Waals surface area contributed by atoms with E-state index < -0.39 is 0 Å². The van der Waals surface area contributed by atoms with E-state index in [4.69, 9.17) is 10.5 Å². The Morgan fingerprint density at radius 1 is 1.15 bits per heavy atom. The van der Waals surface area contributed by atoms with Gasteiger partial charge in [-0.05, 0) is 51.5 Å². The lowest BCUT2D eigenvalue weighted by molar-refractivity contribution is 0.242. The molecule has 0 bridgehead atoms. The highest BCUT2D eigenvalue weighted by Gasteiger charge is 2.35. The van der Waals surface area contributed by atoms with E-state index in [9.17, 15) is 0 Å². The highest BCUT2D eigenvalue weighted by Crippen LogP contribution is 2.40. The van der Waals surface area contributed by atoms with Crippen molar-refractivity contribution in [2.75, 3.05) is 17.2 Å². The van der Waals surface area contributed by atoms with E-state index in [2.05, 4.69) is 30.9 Å². The van der Waals surface area contributed by atoms with Crippen molar-refractivity contribution < 1.29 is 4.74 Å². The molecule has 2 N–H and O–H groups in total. The molecule has 3 rings (SSSR count). The van der Waals surface area contributed by atoms with Gasteiger partial charge in [-0.3, -0.25) is 0 Å². The van der Waals surface area contributed by atoms with Crippen LogP contribution < -0.4 is 15.4 Å². The lowest BCUT2D eigenvalue weighted by Gasteiger charge is -2.39. The van der Waals surface area contributed by atoms with Crippen LogP contribution in [0, 0.1) is 5.92 Å². The van der Waals surface area contributed by atoms with Gasteiger partial charge in [0.05, 0.1) is 6.10 Å². The summed E-state index contributed by atoms with van der Waals surface area (Å²) >= 11 is 0. The molecule has 1 saturated carbocycles. The number of ether oxygens (including phenoxy) is 1. The Labute approximate surface area is 122 Å². The number of nitrogens with zero attached hydrogens (tertiary/aromatic N) is 1. The van der Waals surface area contributed by atoms with Gasteiger partial charge in [-0.2, -0.15) is 0 Å². The molecule has 2 fully saturated rings. The molecule has 3 heteroatoms. The zero-order chi connectivity index (χ0) is 14.1. The van der Waals surface area contributed by atoms with Crippen molar-refractivity contribution in [2.24, 2.45) is 5.92 Å². The normalized spacial score (nSPS) is 25.9. The Hall–Kier alpha value is -1.38. The predicted octanol–water partition coefficient (Wildman–Crippen LogP) is 3.82. The topological polar surface area (TPSA) is 38.5 Å². The summed E-state index contributed by atoms with van der Waals surface area (Å²) in [6.07, 6.45) is 7.00. The third-order valence-electron chi connectivity index (χ3n) is 4.61. The summed E-state index contributed by atoms with van der Waals surface area (Å²) in [7, 11) is 0. The minimum absolute atomic E-state index is 0.185. The number of fused-ring (bicyclic) bond motifs is 1. The number of nitrogens with two attached hydrogens (primary N) is 1. The molecule has 2 unspecified atom stereocenters. The summed E-state index contributed by atoms with van der Waals surface area (Å²) in [4.78, 5) is 2.57. The standard InChI is InChI=1S/C17H26N2O/c1-12(2)20-16-10-14(18)9-15(11-16)19-8-4-6-13-5-3-7-17(13)19/h9-13,17H,3-8,18H2,1-2H3. The Morgan fingerprint density at radius 2 is 1.95 bits per heavy atom. The maximum atomic E-state index is 6.07. The summed E-state index contributed by atoms with van der Waals surface area (Å²) in [5.41, 5.74) is 8.12. The minimum atomic E-state index is 0.185. The molecule has 1 saturated heterocycles. The lowest BCUT2D eigenvalue weighted by atomic mass is 9.91. The van der Waals surface area contributed by atoms with E-state index in [1.165, 1.54) is 37.8 Å². The van der Waals surface area contributed by atoms with Crippen molar-refractivity contribution in [1.82, 2.24) is 0 Å². The fourth-order valence-corrected chi connectivity index (χ4v) is 3.89. The largest absolute Gasteiger partial charge is 0.491 e. The second-order valence-electron chi connectivity index (χ2n) is 6.52. The lowest BCUT2D eigenvalue weighted by Crippen LogP contribution is -2.42. The maximum Gasteiger partial charge on any atom is 0.123 e. The summed E-state index contributed by atoms with van der Waals surface area (Å²) in [5.74, 6) is 1.79. The van der Waals surface area contributed by atoms with Gasteiger partial charge >= 0.3 is 0 Å². The molecule has 0 aromatic heterocycles. The first-order valence-corrected chi connectivity index (χ1v) is 7.97. The van der Waals surface area contributed by atoms with Crippen molar-refractivity contribution in [3.8, 4) is 5.75 Å². The van der Waals surface area contributed by atoms with Gasteiger partial charge in [-0.15, -0.1) is 0 Å². The highest BCUT2D eigenvalue weighted by molar-refractivity contribution is 5.61. The van der Waals surface area contributed by atoms with Gasteiger partial charge in [-0.25, -0.2) is 0 Å². The Morgan fingerprint density at radius 3 is 2.75 bits per heavy atom. The first-order chi connectivity index (χ1) is 9.63. The summed E-state index contributed by atoms with van der Waals surface area (Å²) in [5, 5.41) is 0. The molecule has 0 radical (unpaired) electrons. The average molecular weight is 274 g/mol. The molecule has 2 atom stereocenters. The highest BCUT2D eigenvalue weighted by atomic mass is 16.5. The van der Waals surface area contributed by atoms with Crippen LogP contribution >= 0.6 is 0 Å². The number of benzene rings is 1. The zero-order valence-electron chi connectivity index (χ0n) is 12.6. The monoisotopic (exact) mass is 274 g/mol. The van der Waals surface area contributed by atoms with Crippen molar-refractivity contribution >= 4 is 11.4 Å². The van der Waals surface area contributed by atoms with E-state index >= 15 is 0 Å². The van der Waals surface area contributed by atoms with E-state index in [-0.39, 0.29) is 6.10 Å². The van der Waals surface area contributed by atoms with Crippen LogP contribution in [0.5, 0.6) is 5.75 Å². The number of nitrogen functional groups attached to an aromatic ring is 1. The van der Waals surface area contributed by atoms with Crippen molar-refractivity contribution in [3.63, 3.8) is 0 Å². The Kier molecular flexibility index (Phi) is 3.77. The molecule has 1 aromatic carbocycles. The molecule has 20 heavy (non-hydrogen) atoms. The van der Waals surface area contributed by atoms with Crippen LogP contribution in [-0.2, 0) is 0 Å². The van der Waals surface area contributed by atoms with Crippen LogP contribution in [0.3, 0.4) is 0 Å². The van der Waals surface area contributed by atoms with Gasteiger partial charge < -0.3 is 15.4 Å². The molecule has 1 aliphatic carbocycles. The SMILES string of the molecule is CC(C)Oc1cc(N)cc(N2CCCC3CCCC32)c1. The van der Waals surface area contributed by atoms with Crippen LogP contribution in [0.15, 0.2) is 18.2 Å². The molecule has 2 aliphatic rings. The van der Waals surface area contributed by atoms with Gasteiger partial charge in [0.2, 0.25) is 0 Å². The molecule has 3 nitrogen and oxygen atoms in total. The first-order valence-electron chi connectivity index (χ1n) is 7.97. The fraction of sp³-hybridized carbons (Fsp3) is 0.647. The maximum absolute atomic E-state index is 6.07. The molecule has 1 aliphatic heterocycles. The van der Waals surface area contributed by atoms with Crippen LogP contribution in [-0.4, -0.2) is 18.7 Å².